The maximum absolute atomic E-state index is 11.9. The minimum Gasteiger partial charge on any atom is -0.507 e. The van der Waals surface area contributed by atoms with Crippen LogP contribution in [-0.2, 0) is 0 Å². The fourth-order valence-corrected chi connectivity index (χ4v) is 2.40. The predicted molar refractivity (Wildman–Crippen MR) is 68.5 cm³/mol. The van der Waals surface area contributed by atoms with Gasteiger partial charge in [-0.3, -0.25) is 4.79 Å². The van der Waals surface area contributed by atoms with E-state index in [9.17, 15) is 15.0 Å². The van der Waals surface area contributed by atoms with Crippen molar-refractivity contribution in [2.24, 2.45) is 5.92 Å². The summed E-state index contributed by atoms with van der Waals surface area (Å²) in [6.07, 6.45) is 2.29. The zero-order valence-electron chi connectivity index (χ0n) is 10.5. The molecule has 1 saturated carbocycles. The van der Waals surface area contributed by atoms with Crippen molar-refractivity contribution in [2.45, 2.75) is 32.3 Å². The molecular weight excluding hydrogens is 230 g/mol. The number of aliphatic hydroxyl groups is 1. The van der Waals surface area contributed by atoms with Gasteiger partial charge in [0.15, 0.2) is 0 Å². The number of nitrogens with one attached hydrogen (secondary N) is 1. The minimum atomic E-state index is -0.252. The van der Waals surface area contributed by atoms with Crippen LogP contribution in [0, 0.1) is 12.8 Å². The number of aliphatic hydroxyl groups excluding tert-OH is 1. The Hall–Kier alpha value is -1.55. The summed E-state index contributed by atoms with van der Waals surface area (Å²) < 4.78 is 0. The summed E-state index contributed by atoms with van der Waals surface area (Å²) in [5.74, 6) is 0.0954. The van der Waals surface area contributed by atoms with E-state index in [4.69, 9.17) is 0 Å². The molecular formula is C14H19NO3. The Labute approximate surface area is 107 Å². The number of rotatable bonds is 3. The Morgan fingerprint density at radius 3 is 2.89 bits per heavy atom. The van der Waals surface area contributed by atoms with Crippen molar-refractivity contribution in [3.05, 3.63) is 29.3 Å². The van der Waals surface area contributed by atoms with Crippen LogP contribution in [0.2, 0.25) is 0 Å². The van der Waals surface area contributed by atoms with Gasteiger partial charge in [-0.05, 0) is 44.2 Å². The number of aromatic hydroxyl groups is 1. The van der Waals surface area contributed by atoms with E-state index < -0.39 is 0 Å². The zero-order chi connectivity index (χ0) is 13.1. The molecule has 98 valence electrons. The number of aryl methyl sites for hydroxylation is 1. The highest BCUT2D eigenvalue weighted by Crippen LogP contribution is 2.25. The SMILES string of the molecule is Cc1ccc(O)c(C(=O)NCC2CCC(O)C2)c1. The van der Waals surface area contributed by atoms with Crippen molar-refractivity contribution in [1.82, 2.24) is 5.32 Å². The summed E-state index contributed by atoms with van der Waals surface area (Å²) in [5, 5.41) is 21.9. The van der Waals surface area contributed by atoms with Gasteiger partial charge >= 0.3 is 0 Å². The fraction of sp³-hybridized carbons (Fsp3) is 0.500. The van der Waals surface area contributed by atoms with Gasteiger partial charge < -0.3 is 15.5 Å². The van der Waals surface area contributed by atoms with E-state index in [0.29, 0.717) is 18.0 Å². The quantitative estimate of drug-likeness (QED) is 0.762. The standard InChI is InChI=1S/C14H19NO3/c1-9-2-5-13(17)12(6-9)14(18)15-8-10-3-4-11(16)7-10/h2,5-6,10-11,16-17H,3-4,7-8H2,1H3,(H,15,18). The van der Waals surface area contributed by atoms with Crippen LogP contribution in [0.1, 0.15) is 35.2 Å². The predicted octanol–water partition coefficient (Wildman–Crippen LogP) is 1.59. The molecule has 0 bridgehead atoms. The average Bonchev–Trinajstić information content (AvgIpc) is 2.75. The van der Waals surface area contributed by atoms with Gasteiger partial charge in [0.25, 0.3) is 5.91 Å². The second kappa shape index (κ2) is 5.40. The molecule has 1 aromatic rings. The van der Waals surface area contributed by atoms with Crippen molar-refractivity contribution in [3.8, 4) is 5.75 Å². The highest BCUT2D eigenvalue weighted by atomic mass is 16.3. The van der Waals surface area contributed by atoms with Crippen molar-refractivity contribution < 1.29 is 15.0 Å². The molecule has 0 aromatic heterocycles. The van der Waals surface area contributed by atoms with E-state index in [0.717, 1.165) is 24.8 Å². The smallest absolute Gasteiger partial charge is 0.255 e. The maximum atomic E-state index is 11.9. The Kier molecular flexibility index (Phi) is 3.87. The van der Waals surface area contributed by atoms with Crippen LogP contribution in [0.3, 0.4) is 0 Å². The summed E-state index contributed by atoms with van der Waals surface area (Å²) in [5.41, 5.74) is 1.25. The summed E-state index contributed by atoms with van der Waals surface area (Å²) in [6, 6.07) is 4.97. The number of phenols is 1. The Balaban J connectivity index is 1.93. The van der Waals surface area contributed by atoms with Crippen LogP contribution < -0.4 is 5.32 Å². The van der Waals surface area contributed by atoms with E-state index in [1.54, 1.807) is 12.1 Å². The van der Waals surface area contributed by atoms with Gasteiger partial charge in [0.05, 0.1) is 11.7 Å². The summed E-state index contributed by atoms with van der Waals surface area (Å²) in [7, 11) is 0. The van der Waals surface area contributed by atoms with Gasteiger partial charge in [-0.2, -0.15) is 0 Å². The molecule has 2 unspecified atom stereocenters. The lowest BCUT2D eigenvalue weighted by Crippen LogP contribution is -2.28. The van der Waals surface area contributed by atoms with Crippen molar-refractivity contribution in [2.75, 3.05) is 6.54 Å². The third kappa shape index (κ3) is 3.01. The normalized spacial score (nSPS) is 23.0. The Bertz CT molecular complexity index is 445. The van der Waals surface area contributed by atoms with Gasteiger partial charge in [0.1, 0.15) is 5.75 Å². The molecule has 3 N–H and O–H groups in total. The number of carbonyl (C=O) groups is 1. The number of amides is 1. The number of benzene rings is 1. The Morgan fingerprint density at radius 1 is 1.44 bits per heavy atom. The molecule has 4 heteroatoms. The average molecular weight is 249 g/mol. The third-order valence-corrected chi connectivity index (χ3v) is 3.46. The first-order valence-electron chi connectivity index (χ1n) is 6.32. The molecule has 1 aromatic carbocycles. The van der Waals surface area contributed by atoms with Crippen molar-refractivity contribution >= 4 is 5.91 Å². The van der Waals surface area contributed by atoms with Crippen LogP contribution in [0.5, 0.6) is 5.75 Å². The number of hydrogen-bond donors (Lipinski definition) is 3. The lowest BCUT2D eigenvalue weighted by molar-refractivity contribution is 0.0942. The molecule has 4 nitrogen and oxygen atoms in total. The van der Waals surface area contributed by atoms with Crippen LogP contribution >= 0.6 is 0 Å². The van der Waals surface area contributed by atoms with Crippen LogP contribution in [0.25, 0.3) is 0 Å². The molecule has 1 aliphatic rings. The monoisotopic (exact) mass is 249 g/mol. The summed E-state index contributed by atoms with van der Waals surface area (Å²) >= 11 is 0. The van der Waals surface area contributed by atoms with E-state index in [2.05, 4.69) is 5.32 Å². The fourth-order valence-electron chi connectivity index (χ4n) is 2.40. The first-order valence-corrected chi connectivity index (χ1v) is 6.32. The lowest BCUT2D eigenvalue weighted by atomic mass is 10.1. The second-order valence-corrected chi connectivity index (χ2v) is 5.06. The van der Waals surface area contributed by atoms with Gasteiger partial charge in [0.2, 0.25) is 0 Å². The molecule has 0 radical (unpaired) electrons. The largest absolute Gasteiger partial charge is 0.507 e. The molecule has 0 saturated heterocycles. The summed E-state index contributed by atoms with van der Waals surface area (Å²) in [6.45, 7) is 2.44. The van der Waals surface area contributed by atoms with Crippen LogP contribution in [-0.4, -0.2) is 28.8 Å². The van der Waals surface area contributed by atoms with Gasteiger partial charge in [-0.25, -0.2) is 0 Å². The molecule has 2 atom stereocenters. The third-order valence-electron chi connectivity index (χ3n) is 3.46. The molecule has 0 aliphatic heterocycles. The zero-order valence-corrected chi connectivity index (χ0v) is 10.5. The number of hydrogen-bond acceptors (Lipinski definition) is 3. The van der Waals surface area contributed by atoms with E-state index >= 15 is 0 Å². The topological polar surface area (TPSA) is 69.6 Å². The lowest BCUT2D eigenvalue weighted by Gasteiger charge is -2.12. The molecule has 0 heterocycles. The first kappa shape index (κ1) is 12.9. The second-order valence-electron chi connectivity index (χ2n) is 5.06. The van der Waals surface area contributed by atoms with Crippen molar-refractivity contribution in [1.29, 1.82) is 0 Å². The van der Waals surface area contributed by atoms with Crippen LogP contribution in [0.15, 0.2) is 18.2 Å². The van der Waals surface area contributed by atoms with Gasteiger partial charge in [-0.1, -0.05) is 11.6 Å². The Morgan fingerprint density at radius 2 is 2.22 bits per heavy atom. The van der Waals surface area contributed by atoms with E-state index in [-0.39, 0.29) is 17.8 Å². The molecule has 0 spiro atoms. The molecule has 1 amide bonds. The molecule has 1 aliphatic carbocycles. The highest BCUT2D eigenvalue weighted by Gasteiger charge is 2.23. The first-order chi connectivity index (χ1) is 8.56. The van der Waals surface area contributed by atoms with E-state index in [1.807, 2.05) is 6.92 Å². The maximum Gasteiger partial charge on any atom is 0.255 e. The van der Waals surface area contributed by atoms with Gasteiger partial charge in [0, 0.05) is 6.54 Å². The highest BCUT2D eigenvalue weighted by molar-refractivity contribution is 5.96. The van der Waals surface area contributed by atoms with Crippen LogP contribution in [0.4, 0.5) is 0 Å². The molecule has 18 heavy (non-hydrogen) atoms. The number of carbonyl (C=O) groups excluding carboxylic acids is 1. The number of phenolic OH excluding ortho intramolecular Hbond substituents is 1. The molecule has 1 fully saturated rings. The van der Waals surface area contributed by atoms with Gasteiger partial charge in [-0.15, -0.1) is 0 Å². The molecule has 2 rings (SSSR count). The minimum absolute atomic E-state index is 0.00422. The summed E-state index contributed by atoms with van der Waals surface area (Å²) in [4.78, 5) is 11.9. The van der Waals surface area contributed by atoms with E-state index in [1.165, 1.54) is 6.07 Å². The van der Waals surface area contributed by atoms with Crippen molar-refractivity contribution in [3.63, 3.8) is 0 Å².